The number of nitrogens with zero attached hydrogens (tertiary/aromatic N) is 4. The summed E-state index contributed by atoms with van der Waals surface area (Å²) in [6.45, 7) is 1.26. The van der Waals surface area contributed by atoms with Crippen LogP contribution in [0.1, 0.15) is 6.42 Å². The van der Waals surface area contributed by atoms with Crippen molar-refractivity contribution in [3.63, 3.8) is 0 Å². The Labute approximate surface area is 104 Å². The Morgan fingerprint density at radius 1 is 1.44 bits per heavy atom. The molecule has 0 bridgehead atoms. The molecule has 0 unspecified atom stereocenters. The molecule has 0 spiro atoms. The van der Waals surface area contributed by atoms with Crippen molar-refractivity contribution in [1.82, 2.24) is 20.2 Å². The lowest BCUT2D eigenvalue weighted by atomic mass is 10.2. The summed E-state index contributed by atoms with van der Waals surface area (Å²) in [5, 5.41) is 11.4. The van der Waals surface area contributed by atoms with Crippen LogP contribution < -0.4 is 5.73 Å². The number of anilines is 1. The third kappa shape index (κ3) is 2.62. The summed E-state index contributed by atoms with van der Waals surface area (Å²) in [7, 11) is 1.64. The minimum atomic E-state index is -0.447. The van der Waals surface area contributed by atoms with E-state index in [2.05, 4.69) is 15.5 Å². The SMILES string of the molecule is COCCCn1nnnc1-c1ccc(F)c(N)c1. The van der Waals surface area contributed by atoms with Gasteiger partial charge in [0.25, 0.3) is 0 Å². The van der Waals surface area contributed by atoms with E-state index in [1.807, 2.05) is 0 Å². The van der Waals surface area contributed by atoms with Crippen molar-refractivity contribution >= 4 is 5.69 Å². The number of nitrogens with two attached hydrogens (primary N) is 1. The summed E-state index contributed by atoms with van der Waals surface area (Å²) < 4.78 is 19.7. The first-order valence-corrected chi connectivity index (χ1v) is 5.53. The standard InChI is InChI=1S/C11H14FN5O/c1-18-6-2-5-17-11(14-15-16-17)8-3-4-9(12)10(13)7-8/h3-4,7H,2,5-6,13H2,1H3. The average molecular weight is 251 g/mol. The molecule has 6 nitrogen and oxygen atoms in total. The van der Waals surface area contributed by atoms with Gasteiger partial charge in [-0.3, -0.25) is 0 Å². The highest BCUT2D eigenvalue weighted by Crippen LogP contribution is 2.20. The van der Waals surface area contributed by atoms with Gasteiger partial charge in [0, 0.05) is 25.8 Å². The van der Waals surface area contributed by atoms with Crippen LogP contribution in [0.15, 0.2) is 18.2 Å². The van der Waals surface area contributed by atoms with Crippen LogP contribution in [0.5, 0.6) is 0 Å². The molecule has 2 N–H and O–H groups in total. The minimum absolute atomic E-state index is 0.0824. The molecule has 0 saturated heterocycles. The number of hydrogen-bond donors (Lipinski definition) is 1. The van der Waals surface area contributed by atoms with Gasteiger partial charge in [-0.2, -0.15) is 0 Å². The number of ether oxygens (including phenoxy) is 1. The molecule has 0 fully saturated rings. The number of nitrogen functional groups attached to an aromatic ring is 1. The van der Waals surface area contributed by atoms with Crippen molar-refractivity contribution < 1.29 is 9.13 Å². The van der Waals surface area contributed by atoms with Gasteiger partial charge < -0.3 is 10.5 Å². The molecule has 0 atom stereocenters. The fraction of sp³-hybridized carbons (Fsp3) is 0.364. The van der Waals surface area contributed by atoms with Crippen LogP contribution >= 0.6 is 0 Å². The number of methoxy groups -OCH3 is 1. The highest BCUT2D eigenvalue weighted by molar-refractivity contribution is 5.61. The molecule has 0 aliphatic carbocycles. The monoisotopic (exact) mass is 251 g/mol. The van der Waals surface area contributed by atoms with Gasteiger partial charge in [0.1, 0.15) is 5.82 Å². The Balaban J connectivity index is 2.22. The van der Waals surface area contributed by atoms with Crippen molar-refractivity contribution in [2.24, 2.45) is 0 Å². The molecule has 0 radical (unpaired) electrons. The fourth-order valence-corrected chi connectivity index (χ4v) is 1.60. The van der Waals surface area contributed by atoms with E-state index in [0.29, 0.717) is 24.5 Å². The maximum absolute atomic E-state index is 13.1. The number of halogens is 1. The molecular formula is C11H14FN5O. The first kappa shape index (κ1) is 12.4. The second-order valence-corrected chi connectivity index (χ2v) is 3.81. The van der Waals surface area contributed by atoms with E-state index >= 15 is 0 Å². The minimum Gasteiger partial charge on any atom is -0.396 e. The molecule has 0 saturated carbocycles. The molecule has 18 heavy (non-hydrogen) atoms. The van der Waals surface area contributed by atoms with Gasteiger partial charge in [0.05, 0.1) is 5.69 Å². The molecule has 1 aromatic heterocycles. The van der Waals surface area contributed by atoms with Crippen LogP contribution in [-0.2, 0) is 11.3 Å². The number of aromatic nitrogens is 4. The van der Waals surface area contributed by atoms with Crippen molar-refractivity contribution in [2.45, 2.75) is 13.0 Å². The van der Waals surface area contributed by atoms with E-state index in [1.54, 1.807) is 17.9 Å². The van der Waals surface area contributed by atoms with Crippen LogP contribution in [0.25, 0.3) is 11.4 Å². The predicted octanol–water partition coefficient (Wildman–Crippen LogP) is 1.10. The van der Waals surface area contributed by atoms with E-state index in [0.717, 1.165) is 6.42 Å². The maximum atomic E-state index is 13.1. The summed E-state index contributed by atoms with van der Waals surface area (Å²) in [5.74, 6) is 0.120. The summed E-state index contributed by atoms with van der Waals surface area (Å²) in [4.78, 5) is 0. The van der Waals surface area contributed by atoms with E-state index in [1.165, 1.54) is 12.1 Å². The summed E-state index contributed by atoms with van der Waals surface area (Å²) >= 11 is 0. The molecule has 0 aliphatic rings. The summed E-state index contributed by atoms with van der Waals surface area (Å²) in [6.07, 6.45) is 0.797. The molecule has 2 rings (SSSR count). The lowest BCUT2D eigenvalue weighted by Crippen LogP contribution is -2.05. The maximum Gasteiger partial charge on any atom is 0.182 e. The zero-order chi connectivity index (χ0) is 13.0. The Bertz CT molecular complexity index is 528. The quantitative estimate of drug-likeness (QED) is 0.636. The van der Waals surface area contributed by atoms with Gasteiger partial charge in [-0.25, -0.2) is 9.07 Å². The van der Waals surface area contributed by atoms with Crippen molar-refractivity contribution in [3.8, 4) is 11.4 Å². The molecule has 0 amide bonds. The van der Waals surface area contributed by atoms with Gasteiger partial charge in [-0.15, -0.1) is 5.10 Å². The van der Waals surface area contributed by atoms with E-state index in [-0.39, 0.29) is 5.69 Å². The van der Waals surface area contributed by atoms with Crippen LogP contribution in [-0.4, -0.2) is 33.9 Å². The Kier molecular flexibility index (Phi) is 3.83. The topological polar surface area (TPSA) is 78.8 Å². The smallest absolute Gasteiger partial charge is 0.182 e. The highest BCUT2D eigenvalue weighted by atomic mass is 19.1. The molecule has 2 aromatic rings. The normalized spacial score (nSPS) is 10.8. The number of rotatable bonds is 5. The van der Waals surface area contributed by atoms with Gasteiger partial charge in [-0.05, 0) is 35.0 Å². The van der Waals surface area contributed by atoms with Crippen molar-refractivity contribution in [1.29, 1.82) is 0 Å². The fourth-order valence-electron chi connectivity index (χ4n) is 1.60. The van der Waals surface area contributed by atoms with Crippen molar-refractivity contribution in [3.05, 3.63) is 24.0 Å². The summed E-state index contributed by atoms with van der Waals surface area (Å²) in [5.41, 5.74) is 6.30. The molecule has 7 heteroatoms. The van der Waals surface area contributed by atoms with Crippen LogP contribution in [0.2, 0.25) is 0 Å². The lowest BCUT2D eigenvalue weighted by Gasteiger charge is -2.05. The van der Waals surface area contributed by atoms with E-state index in [4.69, 9.17) is 10.5 Å². The van der Waals surface area contributed by atoms with Gasteiger partial charge in [0.2, 0.25) is 0 Å². The van der Waals surface area contributed by atoms with E-state index < -0.39 is 5.82 Å². The molecule has 1 heterocycles. The molecule has 0 aliphatic heterocycles. The largest absolute Gasteiger partial charge is 0.396 e. The van der Waals surface area contributed by atoms with Gasteiger partial charge in [-0.1, -0.05) is 0 Å². The lowest BCUT2D eigenvalue weighted by molar-refractivity contribution is 0.189. The zero-order valence-corrected chi connectivity index (χ0v) is 10.0. The van der Waals surface area contributed by atoms with Gasteiger partial charge in [0.15, 0.2) is 5.82 Å². The number of benzene rings is 1. The van der Waals surface area contributed by atoms with Crippen LogP contribution in [0.3, 0.4) is 0 Å². The third-order valence-corrected chi connectivity index (χ3v) is 2.50. The first-order valence-electron chi connectivity index (χ1n) is 5.53. The highest BCUT2D eigenvalue weighted by Gasteiger charge is 2.10. The second kappa shape index (κ2) is 5.54. The van der Waals surface area contributed by atoms with E-state index in [9.17, 15) is 4.39 Å². The van der Waals surface area contributed by atoms with Gasteiger partial charge >= 0.3 is 0 Å². The summed E-state index contributed by atoms with van der Waals surface area (Å²) in [6, 6.07) is 4.43. The third-order valence-electron chi connectivity index (χ3n) is 2.50. The molecular weight excluding hydrogens is 237 g/mol. The molecule has 96 valence electrons. The number of tetrazole rings is 1. The molecule has 1 aromatic carbocycles. The predicted molar refractivity (Wildman–Crippen MR) is 64.1 cm³/mol. The Morgan fingerprint density at radius 2 is 2.28 bits per heavy atom. The number of aryl methyl sites for hydroxylation is 1. The second-order valence-electron chi connectivity index (χ2n) is 3.81. The zero-order valence-electron chi connectivity index (χ0n) is 10.0. The Morgan fingerprint density at radius 3 is 3.00 bits per heavy atom. The first-order chi connectivity index (χ1) is 8.72. The average Bonchev–Trinajstić information content (AvgIpc) is 2.81. The van der Waals surface area contributed by atoms with Crippen LogP contribution in [0.4, 0.5) is 10.1 Å². The van der Waals surface area contributed by atoms with Crippen molar-refractivity contribution in [2.75, 3.05) is 19.5 Å². The Hall–Kier alpha value is -2.02. The number of hydrogen-bond acceptors (Lipinski definition) is 5. The van der Waals surface area contributed by atoms with Crippen LogP contribution in [0, 0.1) is 5.82 Å².